The van der Waals surface area contributed by atoms with Gasteiger partial charge in [-0.05, 0) is 31.0 Å². The molecule has 1 N–H and O–H groups in total. The molecule has 0 aliphatic carbocycles. The number of hydrogen-bond acceptors (Lipinski definition) is 3. The number of imidazole rings is 1. The first-order valence-corrected chi connectivity index (χ1v) is 6.89. The van der Waals surface area contributed by atoms with Gasteiger partial charge >= 0.3 is 5.97 Å². The maximum atomic E-state index is 12.6. The molecule has 6 heteroatoms. The van der Waals surface area contributed by atoms with Crippen LogP contribution >= 0.6 is 0 Å². The summed E-state index contributed by atoms with van der Waals surface area (Å²) >= 11 is 0. The van der Waals surface area contributed by atoms with E-state index in [1.165, 1.54) is 4.90 Å². The van der Waals surface area contributed by atoms with Gasteiger partial charge in [-0.1, -0.05) is 6.92 Å². The average Bonchev–Trinajstić information content (AvgIpc) is 2.81. The monoisotopic (exact) mass is 289 g/mol. The van der Waals surface area contributed by atoms with Crippen LogP contribution in [0.3, 0.4) is 0 Å². The number of nitrogens with zero attached hydrogens (tertiary/aromatic N) is 3. The van der Waals surface area contributed by atoms with E-state index in [0.29, 0.717) is 12.1 Å². The maximum absolute atomic E-state index is 12.6. The lowest BCUT2D eigenvalue weighted by Gasteiger charge is -2.16. The van der Waals surface area contributed by atoms with Gasteiger partial charge in [0.2, 0.25) is 0 Å². The van der Waals surface area contributed by atoms with E-state index in [1.54, 1.807) is 11.4 Å². The minimum absolute atomic E-state index is 0.0699. The smallest absolute Gasteiger partial charge is 0.305 e. The van der Waals surface area contributed by atoms with Crippen LogP contribution in [-0.2, 0) is 11.2 Å². The Morgan fingerprint density at radius 1 is 1.43 bits per heavy atom. The number of carboxylic acids is 1. The fourth-order valence-corrected chi connectivity index (χ4v) is 2.21. The van der Waals surface area contributed by atoms with Crippen LogP contribution in [0.5, 0.6) is 0 Å². The van der Waals surface area contributed by atoms with Gasteiger partial charge < -0.3 is 10.0 Å². The van der Waals surface area contributed by atoms with E-state index in [2.05, 4.69) is 4.98 Å². The summed E-state index contributed by atoms with van der Waals surface area (Å²) in [5.41, 5.74) is 3.06. The quantitative estimate of drug-likeness (QED) is 0.910. The Balaban J connectivity index is 2.39. The van der Waals surface area contributed by atoms with E-state index in [0.717, 1.165) is 16.9 Å². The van der Waals surface area contributed by atoms with Crippen molar-refractivity contribution in [3.05, 3.63) is 35.3 Å². The van der Waals surface area contributed by atoms with Crippen LogP contribution in [0, 0.1) is 6.92 Å². The Hall–Kier alpha value is -2.37. The molecule has 0 radical (unpaired) electrons. The molecule has 0 aliphatic rings. The van der Waals surface area contributed by atoms with E-state index in [-0.39, 0.29) is 18.9 Å². The molecule has 0 bridgehead atoms. The first-order chi connectivity index (χ1) is 9.93. The number of fused-ring (bicyclic) bond motifs is 1. The lowest BCUT2D eigenvalue weighted by molar-refractivity contribution is -0.137. The number of aryl methyl sites for hydroxylation is 2. The molecule has 0 aliphatic heterocycles. The van der Waals surface area contributed by atoms with Crippen LogP contribution in [0.25, 0.3) is 5.65 Å². The highest BCUT2D eigenvalue weighted by Crippen LogP contribution is 2.16. The Kier molecular flexibility index (Phi) is 4.26. The van der Waals surface area contributed by atoms with E-state index < -0.39 is 5.97 Å². The third-order valence-corrected chi connectivity index (χ3v) is 3.40. The van der Waals surface area contributed by atoms with Crippen molar-refractivity contribution in [2.75, 3.05) is 13.6 Å². The number of rotatable bonds is 5. The van der Waals surface area contributed by atoms with Crippen molar-refractivity contribution in [3.63, 3.8) is 0 Å². The third kappa shape index (κ3) is 3.04. The van der Waals surface area contributed by atoms with Gasteiger partial charge in [-0.15, -0.1) is 0 Å². The highest BCUT2D eigenvalue weighted by Gasteiger charge is 2.21. The van der Waals surface area contributed by atoms with Gasteiger partial charge in [0.25, 0.3) is 5.91 Å². The van der Waals surface area contributed by atoms with Crippen molar-refractivity contribution in [1.29, 1.82) is 0 Å². The molecule has 0 saturated heterocycles. The molecule has 0 unspecified atom stereocenters. The topological polar surface area (TPSA) is 74.9 Å². The number of aliphatic carboxylic acids is 1. The van der Waals surface area contributed by atoms with Crippen molar-refractivity contribution < 1.29 is 14.7 Å². The van der Waals surface area contributed by atoms with Crippen LogP contribution in [0.4, 0.5) is 0 Å². The maximum Gasteiger partial charge on any atom is 0.305 e. The molecule has 0 spiro atoms. The van der Waals surface area contributed by atoms with E-state index in [4.69, 9.17) is 5.11 Å². The fraction of sp³-hybridized carbons (Fsp3) is 0.400. The summed E-state index contributed by atoms with van der Waals surface area (Å²) in [6.45, 7) is 4.10. The second-order valence-electron chi connectivity index (χ2n) is 5.06. The Morgan fingerprint density at radius 3 is 2.76 bits per heavy atom. The van der Waals surface area contributed by atoms with Crippen LogP contribution in [0.2, 0.25) is 0 Å². The second-order valence-corrected chi connectivity index (χ2v) is 5.06. The molecule has 21 heavy (non-hydrogen) atoms. The standard InChI is InChI=1S/C15H19N3O3/c1-4-11-14(15(21)17(3)7-6-13(19)20)18-8-5-10(2)9-12(18)16-11/h5,8-9H,4,6-7H2,1-3H3,(H,19,20). The van der Waals surface area contributed by atoms with Gasteiger partial charge in [-0.25, -0.2) is 4.98 Å². The normalized spacial score (nSPS) is 10.8. The summed E-state index contributed by atoms with van der Waals surface area (Å²) in [6, 6.07) is 3.84. The summed E-state index contributed by atoms with van der Waals surface area (Å²) in [5.74, 6) is -1.12. The van der Waals surface area contributed by atoms with Crippen molar-refractivity contribution in [2.24, 2.45) is 0 Å². The number of pyridine rings is 1. The molecular formula is C15H19N3O3. The third-order valence-electron chi connectivity index (χ3n) is 3.40. The van der Waals surface area contributed by atoms with Crippen molar-refractivity contribution >= 4 is 17.5 Å². The molecule has 112 valence electrons. The molecule has 6 nitrogen and oxygen atoms in total. The van der Waals surface area contributed by atoms with Gasteiger partial charge in [0.1, 0.15) is 11.3 Å². The number of carbonyl (C=O) groups is 2. The Labute approximate surface area is 123 Å². The lowest BCUT2D eigenvalue weighted by Crippen LogP contribution is -2.30. The van der Waals surface area contributed by atoms with E-state index in [1.807, 2.05) is 32.2 Å². The predicted octanol–water partition coefficient (Wildman–Crippen LogP) is 1.75. The molecule has 0 saturated carbocycles. The van der Waals surface area contributed by atoms with Crippen LogP contribution in [-0.4, -0.2) is 44.9 Å². The van der Waals surface area contributed by atoms with Gasteiger partial charge in [-0.2, -0.15) is 0 Å². The summed E-state index contributed by atoms with van der Waals surface area (Å²) in [6.07, 6.45) is 2.41. The number of carboxylic acid groups (broad SMARTS) is 1. The van der Waals surface area contributed by atoms with Gasteiger partial charge in [-0.3, -0.25) is 14.0 Å². The first kappa shape index (κ1) is 15.0. The molecule has 0 atom stereocenters. The van der Waals surface area contributed by atoms with Crippen LogP contribution in [0.1, 0.15) is 35.1 Å². The fourth-order valence-electron chi connectivity index (χ4n) is 2.21. The lowest BCUT2D eigenvalue weighted by atomic mass is 10.2. The molecule has 1 amide bonds. The summed E-state index contributed by atoms with van der Waals surface area (Å²) in [4.78, 5) is 29.1. The van der Waals surface area contributed by atoms with Crippen molar-refractivity contribution in [1.82, 2.24) is 14.3 Å². The molecule has 2 rings (SSSR count). The largest absolute Gasteiger partial charge is 0.481 e. The molecule has 0 fully saturated rings. The number of carbonyl (C=O) groups excluding carboxylic acids is 1. The molecular weight excluding hydrogens is 270 g/mol. The minimum atomic E-state index is -0.917. The summed E-state index contributed by atoms with van der Waals surface area (Å²) in [5, 5.41) is 8.72. The Bertz CT molecular complexity index is 691. The zero-order valence-electron chi connectivity index (χ0n) is 12.5. The van der Waals surface area contributed by atoms with Gasteiger partial charge in [0, 0.05) is 19.8 Å². The summed E-state index contributed by atoms with van der Waals surface area (Å²) < 4.78 is 1.77. The van der Waals surface area contributed by atoms with E-state index in [9.17, 15) is 9.59 Å². The van der Waals surface area contributed by atoms with Crippen LogP contribution < -0.4 is 0 Å². The van der Waals surface area contributed by atoms with Crippen LogP contribution in [0.15, 0.2) is 18.3 Å². The first-order valence-electron chi connectivity index (χ1n) is 6.89. The number of amides is 1. The zero-order valence-corrected chi connectivity index (χ0v) is 12.5. The molecule has 2 heterocycles. The molecule has 2 aromatic heterocycles. The highest BCUT2D eigenvalue weighted by molar-refractivity contribution is 5.94. The van der Waals surface area contributed by atoms with Crippen molar-refractivity contribution in [3.8, 4) is 0 Å². The Morgan fingerprint density at radius 2 is 2.14 bits per heavy atom. The predicted molar refractivity (Wildman–Crippen MR) is 78.5 cm³/mol. The number of aromatic nitrogens is 2. The average molecular weight is 289 g/mol. The zero-order chi connectivity index (χ0) is 15.6. The molecule has 2 aromatic rings. The van der Waals surface area contributed by atoms with E-state index >= 15 is 0 Å². The van der Waals surface area contributed by atoms with Gasteiger partial charge in [0.05, 0.1) is 12.1 Å². The van der Waals surface area contributed by atoms with Gasteiger partial charge in [0.15, 0.2) is 0 Å². The molecule has 0 aromatic carbocycles. The highest BCUT2D eigenvalue weighted by atomic mass is 16.4. The number of hydrogen-bond donors (Lipinski definition) is 1. The second kappa shape index (κ2) is 5.95. The minimum Gasteiger partial charge on any atom is -0.481 e. The SMILES string of the molecule is CCc1nc2cc(C)ccn2c1C(=O)N(C)CCC(=O)O. The van der Waals surface area contributed by atoms with Crippen molar-refractivity contribution in [2.45, 2.75) is 26.7 Å². The summed E-state index contributed by atoms with van der Waals surface area (Å²) in [7, 11) is 1.61.